The number of hydrogen-bond acceptors (Lipinski definition) is 3. The van der Waals surface area contributed by atoms with Gasteiger partial charge in [-0.15, -0.1) is 0 Å². The summed E-state index contributed by atoms with van der Waals surface area (Å²) >= 11 is 3.36. The first kappa shape index (κ1) is 29.0. The number of halogens is 4. The molecule has 8 heteroatoms. The van der Waals surface area contributed by atoms with E-state index in [1.165, 1.54) is 11.9 Å². The van der Waals surface area contributed by atoms with Crippen molar-refractivity contribution in [2.75, 3.05) is 6.61 Å². The minimum atomic E-state index is -5.03. The SMILES string of the molecule is CCOC(=O)C1=CP(c2ccccc2)(c2ccccc2)(c2ccccc2)OC1(/C=C/c1ccc(Br)cc1)C(F)(F)F. The average molecular weight is 639 g/mol. The first-order chi connectivity index (χ1) is 19.7. The number of esters is 1. The molecule has 0 bridgehead atoms. The Hall–Kier alpha value is -3.51. The van der Waals surface area contributed by atoms with E-state index in [0.717, 1.165) is 10.5 Å². The van der Waals surface area contributed by atoms with Crippen LogP contribution in [0.2, 0.25) is 0 Å². The van der Waals surface area contributed by atoms with E-state index in [9.17, 15) is 4.79 Å². The van der Waals surface area contributed by atoms with Crippen LogP contribution in [-0.2, 0) is 14.1 Å². The molecule has 1 atom stereocenters. The van der Waals surface area contributed by atoms with Crippen LogP contribution in [-0.4, -0.2) is 24.4 Å². The molecule has 0 saturated heterocycles. The molecule has 3 nitrogen and oxygen atoms in total. The molecule has 1 aliphatic heterocycles. The molecule has 1 aliphatic rings. The fraction of sp³-hybridized carbons (Fsp3) is 0.121. The number of alkyl halides is 3. The first-order valence-electron chi connectivity index (χ1n) is 13.0. The van der Waals surface area contributed by atoms with Crippen molar-refractivity contribution in [2.45, 2.75) is 18.7 Å². The summed E-state index contributed by atoms with van der Waals surface area (Å²) < 4.78 is 59.9. The van der Waals surface area contributed by atoms with Gasteiger partial charge in [0.2, 0.25) is 0 Å². The molecule has 0 radical (unpaired) electrons. The molecule has 4 aromatic rings. The molecule has 0 aromatic heterocycles. The Kier molecular flexibility index (Phi) is 7.82. The van der Waals surface area contributed by atoms with Gasteiger partial charge in [0, 0.05) is 0 Å². The van der Waals surface area contributed by atoms with E-state index in [2.05, 4.69) is 15.9 Å². The van der Waals surface area contributed by atoms with Crippen LogP contribution in [0, 0.1) is 0 Å². The molecule has 41 heavy (non-hydrogen) atoms. The van der Waals surface area contributed by atoms with Crippen LogP contribution < -0.4 is 15.9 Å². The van der Waals surface area contributed by atoms with Crippen molar-refractivity contribution in [1.82, 2.24) is 0 Å². The second-order valence-corrected chi connectivity index (χ2v) is 14.7. The van der Waals surface area contributed by atoms with Gasteiger partial charge in [0.15, 0.2) is 0 Å². The van der Waals surface area contributed by atoms with Crippen molar-refractivity contribution in [3.8, 4) is 0 Å². The number of carbonyl (C=O) groups excluding carboxylic acids is 1. The third kappa shape index (κ3) is 4.76. The van der Waals surface area contributed by atoms with Crippen LogP contribution >= 0.6 is 22.8 Å². The molecule has 0 spiro atoms. The fourth-order valence-corrected chi connectivity index (χ4v) is 11.3. The molecule has 0 aliphatic carbocycles. The van der Waals surface area contributed by atoms with Gasteiger partial charge in [-0.3, -0.25) is 0 Å². The zero-order valence-electron chi connectivity index (χ0n) is 22.1. The molecule has 0 N–H and O–H groups in total. The first-order valence-corrected chi connectivity index (χ1v) is 16.0. The molecule has 0 amide bonds. The Morgan fingerprint density at radius 3 is 1.71 bits per heavy atom. The van der Waals surface area contributed by atoms with Crippen molar-refractivity contribution in [3.05, 3.63) is 143 Å². The van der Waals surface area contributed by atoms with Gasteiger partial charge >= 0.3 is 246 Å². The summed E-state index contributed by atoms with van der Waals surface area (Å²) in [5.74, 6) is 0.350. The van der Waals surface area contributed by atoms with Gasteiger partial charge in [-0.2, -0.15) is 0 Å². The van der Waals surface area contributed by atoms with Crippen LogP contribution in [0.4, 0.5) is 13.2 Å². The molecule has 4 aromatic carbocycles. The zero-order chi connectivity index (χ0) is 29.2. The Balaban J connectivity index is 1.94. The monoisotopic (exact) mass is 638 g/mol. The minimum absolute atomic E-state index is 0.0987. The van der Waals surface area contributed by atoms with E-state index in [1.54, 1.807) is 122 Å². The number of benzene rings is 4. The van der Waals surface area contributed by atoms with E-state index in [4.69, 9.17) is 9.26 Å². The number of hydrogen-bond donors (Lipinski definition) is 0. The van der Waals surface area contributed by atoms with Crippen LogP contribution in [0.1, 0.15) is 12.5 Å². The predicted octanol–water partition coefficient (Wildman–Crippen LogP) is 7.69. The molecule has 0 saturated carbocycles. The molecule has 1 unspecified atom stereocenters. The van der Waals surface area contributed by atoms with Gasteiger partial charge in [0.1, 0.15) is 0 Å². The second-order valence-electron chi connectivity index (χ2n) is 9.58. The summed E-state index contributed by atoms with van der Waals surface area (Å²) in [5.41, 5.74) is -3.21. The molecule has 1 heterocycles. The molecule has 210 valence electrons. The Bertz CT molecular complexity index is 1490. The molecular weight excluding hydrogens is 612 g/mol. The van der Waals surface area contributed by atoms with Crippen LogP contribution in [0.5, 0.6) is 0 Å². The summed E-state index contributed by atoms with van der Waals surface area (Å²) in [6.07, 6.45) is -2.75. The quantitative estimate of drug-likeness (QED) is 0.154. The Labute approximate surface area is 245 Å². The zero-order valence-corrected chi connectivity index (χ0v) is 24.6. The van der Waals surface area contributed by atoms with E-state index < -0.39 is 30.2 Å². The van der Waals surface area contributed by atoms with Crippen molar-refractivity contribution in [2.24, 2.45) is 0 Å². The van der Waals surface area contributed by atoms with Crippen LogP contribution in [0.3, 0.4) is 0 Å². The van der Waals surface area contributed by atoms with Gasteiger partial charge in [-0.1, -0.05) is 0 Å². The standard InChI is InChI=1S/C33H27BrF3O3P/c1-2-39-31(38)30-24-41(27-12-6-3-7-13-27,28-14-8-4-9-15-28,29-16-10-5-11-17-29)40-32(30,33(35,36)37)23-22-25-18-20-26(34)21-19-25/h3-24H,2H2,1H3/b23-22+. The van der Waals surface area contributed by atoms with E-state index in [0.29, 0.717) is 21.5 Å². The third-order valence-electron chi connectivity index (χ3n) is 7.21. The predicted molar refractivity (Wildman–Crippen MR) is 163 cm³/mol. The molecule has 0 fully saturated rings. The van der Waals surface area contributed by atoms with Gasteiger partial charge in [0.25, 0.3) is 0 Å². The van der Waals surface area contributed by atoms with Gasteiger partial charge in [-0.05, 0) is 0 Å². The van der Waals surface area contributed by atoms with E-state index >= 15 is 13.2 Å². The van der Waals surface area contributed by atoms with Gasteiger partial charge in [0.05, 0.1) is 0 Å². The van der Waals surface area contributed by atoms with Crippen molar-refractivity contribution < 1.29 is 27.2 Å². The second kappa shape index (κ2) is 11.1. The topological polar surface area (TPSA) is 35.5 Å². The summed E-state index contributed by atoms with van der Waals surface area (Å²) in [6.45, 7) is -3.17. The Morgan fingerprint density at radius 1 is 0.829 bits per heavy atom. The summed E-state index contributed by atoms with van der Waals surface area (Å²) in [4.78, 5) is 13.6. The van der Waals surface area contributed by atoms with Crippen molar-refractivity contribution in [3.63, 3.8) is 0 Å². The van der Waals surface area contributed by atoms with Crippen molar-refractivity contribution >= 4 is 50.7 Å². The maximum absolute atomic E-state index is 15.7. The van der Waals surface area contributed by atoms with E-state index in [-0.39, 0.29) is 6.61 Å². The summed E-state index contributed by atoms with van der Waals surface area (Å²) in [6, 6.07) is 33.4. The van der Waals surface area contributed by atoms with Crippen LogP contribution in [0.15, 0.2) is 137 Å². The van der Waals surface area contributed by atoms with Gasteiger partial charge in [-0.25, -0.2) is 0 Å². The van der Waals surface area contributed by atoms with Crippen LogP contribution in [0.25, 0.3) is 6.08 Å². The summed E-state index contributed by atoms with van der Waals surface area (Å²) in [5, 5.41) is 1.59. The maximum atomic E-state index is 15.7. The fourth-order valence-electron chi connectivity index (χ4n) is 5.34. The normalized spacial score (nSPS) is 20.6. The number of carbonyl (C=O) groups is 1. The molecule has 5 rings (SSSR count). The summed E-state index contributed by atoms with van der Waals surface area (Å²) in [7, 11) is 0. The third-order valence-corrected chi connectivity index (χ3v) is 13.1. The van der Waals surface area contributed by atoms with Crippen molar-refractivity contribution in [1.29, 1.82) is 0 Å². The molecular formula is C33H27BrF3O3P. The Morgan fingerprint density at radius 2 is 1.29 bits per heavy atom. The van der Waals surface area contributed by atoms with Gasteiger partial charge < -0.3 is 0 Å². The number of ether oxygens (including phenoxy) is 1. The number of rotatable bonds is 7. The average Bonchev–Trinajstić information content (AvgIpc) is 3.34. The van der Waals surface area contributed by atoms with E-state index in [1.807, 2.05) is 0 Å².